The molecular weight excluding hydrogens is 295 g/mol. The molecule has 1 aromatic carbocycles. The average Bonchev–Trinajstić information content (AvgIpc) is 2.48. The van der Waals surface area contributed by atoms with Gasteiger partial charge in [0.25, 0.3) is 5.92 Å². The third kappa shape index (κ3) is 3.17. The number of rotatable bonds is 4. The van der Waals surface area contributed by atoms with Crippen LogP contribution in [-0.2, 0) is 0 Å². The monoisotopic (exact) mass is 310 g/mol. The van der Waals surface area contributed by atoms with E-state index in [2.05, 4.69) is 5.32 Å². The Labute approximate surface area is 118 Å². The van der Waals surface area contributed by atoms with Gasteiger partial charge in [-0.25, -0.2) is 22.0 Å². The van der Waals surface area contributed by atoms with E-state index >= 15 is 0 Å². The molecule has 0 unspecified atom stereocenters. The van der Waals surface area contributed by atoms with Crippen molar-refractivity contribution in [3.8, 4) is 0 Å². The molecule has 21 heavy (non-hydrogen) atoms. The maximum absolute atomic E-state index is 14.0. The third-order valence-electron chi connectivity index (χ3n) is 3.49. The summed E-state index contributed by atoms with van der Waals surface area (Å²) >= 11 is 0. The molecule has 1 fully saturated rings. The van der Waals surface area contributed by atoms with Gasteiger partial charge in [0.2, 0.25) is 0 Å². The quantitative estimate of drug-likeness (QED) is 0.656. The van der Waals surface area contributed by atoms with Crippen LogP contribution >= 0.6 is 0 Å². The fraction of sp³-hybridized carbons (Fsp3) is 0.538. The molecule has 1 saturated heterocycles. The van der Waals surface area contributed by atoms with Crippen molar-refractivity contribution in [3.63, 3.8) is 0 Å². The number of hydrogen-bond acceptors (Lipinski definition) is 3. The Morgan fingerprint density at radius 2 is 1.76 bits per heavy atom. The number of halogens is 5. The van der Waals surface area contributed by atoms with Crippen molar-refractivity contribution in [3.05, 3.63) is 35.1 Å². The molecule has 1 aliphatic rings. The molecular formula is C13H15F5N2O. The standard InChI is InChI=1S/C13H15F5N2O/c14-9-2-1-8(10(15)11(9)16)12(13(17,18)7-21)20-5-3-19-4-6-20/h1-2,12,19,21H,3-7H2/t12-/m0/s1. The van der Waals surface area contributed by atoms with Gasteiger partial charge >= 0.3 is 0 Å². The molecule has 8 heteroatoms. The third-order valence-corrected chi connectivity index (χ3v) is 3.49. The lowest BCUT2D eigenvalue weighted by atomic mass is 9.97. The zero-order valence-electron chi connectivity index (χ0n) is 11.1. The lowest BCUT2D eigenvalue weighted by Crippen LogP contribution is -2.51. The van der Waals surface area contributed by atoms with E-state index < -0.39 is 41.6 Å². The van der Waals surface area contributed by atoms with Gasteiger partial charge in [-0.05, 0) is 6.07 Å². The van der Waals surface area contributed by atoms with Crippen molar-refractivity contribution >= 4 is 0 Å². The smallest absolute Gasteiger partial charge is 0.290 e. The van der Waals surface area contributed by atoms with Gasteiger partial charge in [-0.15, -0.1) is 0 Å². The van der Waals surface area contributed by atoms with E-state index in [-0.39, 0.29) is 13.1 Å². The Morgan fingerprint density at radius 1 is 1.14 bits per heavy atom. The minimum atomic E-state index is -3.68. The summed E-state index contributed by atoms with van der Waals surface area (Å²) in [6.07, 6.45) is 0. The van der Waals surface area contributed by atoms with Crippen molar-refractivity contribution in [1.29, 1.82) is 0 Å². The van der Waals surface area contributed by atoms with Crippen LogP contribution in [0.1, 0.15) is 11.6 Å². The Hall–Kier alpha value is -1.25. The summed E-state index contributed by atoms with van der Waals surface area (Å²) in [6, 6.07) is -0.444. The number of benzene rings is 1. The lowest BCUT2D eigenvalue weighted by molar-refractivity contribution is -0.119. The van der Waals surface area contributed by atoms with Crippen molar-refractivity contribution in [2.45, 2.75) is 12.0 Å². The molecule has 0 saturated carbocycles. The molecule has 118 valence electrons. The van der Waals surface area contributed by atoms with Gasteiger partial charge in [0.15, 0.2) is 17.5 Å². The topological polar surface area (TPSA) is 35.5 Å². The first-order valence-electron chi connectivity index (χ1n) is 6.45. The van der Waals surface area contributed by atoms with Crippen molar-refractivity contribution in [2.75, 3.05) is 32.8 Å². The van der Waals surface area contributed by atoms with Gasteiger partial charge in [0, 0.05) is 31.7 Å². The minimum absolute atomic E-state index is 0.179. The second-order valence-electron chi connectivity index (χ2n) is 4.87. The summed E-state index contributed by atoms with van der Waals surface area (Å²) in [7, 11) is 0. The highest BCUT2D eigenvalue weighted by molar-refractivity contribution is 5.26. The van der Waals surface area contributed by atoms with Gasteiger partial charge < -0.3 is 10.4 Å². The normalized spacial score (nSPS) is 18.8. The van der Waals surface area contributed by atoms with Crippen LogP contribution in [0.4, 0.5) is 22.0 Å². The summed E-state index contributed by atoms with van der Waals surface area (Å²) < 4.78 is 68.2. The number of hydrogen-bond donors (Lipinski definition) is 2. The van der Waals surface area contributed by atoms with Gasteiger partial charge in [-0.1, -0.05) is 6.07 Å². The summed E-state index contributed by atoms with van der Waals surface area (Å²) in [6.45, 7) is -0.343. The zero-order chi connectivity index (χ0) is 15.6. The van der Waals surface area contributed by atoms with E-state index in [9.17, 15) is 22.0 Å². The molecule has 0 amide bonds. The van der Waals surface area contributed by atoms with Gasteiger partial charge in [-0.3, -0.25) is 4.90 Å². The van der Waals surface area contributed by atoms with Crippen LogP contribution in [0.5, 0.6) is 0 Å². The Morgan fingerprint density at radius 3 is 2.33 bits per heavy atom. The van der Waals surface area contributed by atoms with E-state index in [0.29, 0.717) is 19.2 Å². The molecule has 0 aliphatic carbocycles. The number of aliphatic hydroxyl groups is 1. The minimum Gasteiger partial charge on any atom is -0.390 e. The van der Waals surface area contributed by atoms with E-state index in [1.165, 1.54) is 4.90 Å². The predicted molar refractivity (Wildman–Crippen MR) is 65.5 cm³/mol. The molecule has 0 radical (unpaired) electrons. The first kappa shape index (κ1) is 16.1. The highest BCUT2D eigenvalue weighted by atomic mass is 19.3. The SMILES string of the molecule is OCC(F)(F)[C@H](c1ccc(F)c(F)c1F)N1CCNCC1. The molecule has 0 aromatic heterocycles. The van der Waals surface area contributed by atoms with E-state index in [0.717, 1.165) is 6.07 Å². The van der Waals surface area contributed by atoms with Crippen LogP contribution in [0, 0.1) is 17.5 Å². The summed E-state index contributed by atoms with van der Waals surface area (Å²) in [5, 5.41) is 11.8. The Kier molecular flexibility index (Phi) is 4.80. The number of nitrogens with one attached hydrogen (secondary N) is 1. The van der Waals surface area contributed by atoms with Gasteiger partial charge in [0.05, 0.1) is 0 Å². The van der Waals surface area contributed by atoms with Crippen LogP contribution in [0.15, 0.2) is 12.1 Å². The van der Waals surface area contributed by atoms with E-state index in [1.807, 2.05) is 0 Å². The highest BCUT2D eigenvalue weighted by Gasteiger charge is 2.45. The number of aliphatic hydroxyl groups excluding tert-OH is 1. The summed E-state index contributed by atoms with van der Waals surface area (Å²) in [5.74, 6) is -8.56. The zero-order valence-corrected chi connectivity index (χ0v) is 11.1. The molecule has 2 N–H and O–H groups in total. The first-order valence-corrected chi connectivity index (χ1v) is 6.45. The molecule has 2 rings (SSSR count). The predicted octanol–water partition coefficient (Wildman–Crippen LogP) is 1.68. The molecule has 1 aliphatic heterocycles. The van der Waals surface area contributed by atoms with E-state index in [4.69, 9.17) is 5.11 Å². The molecule has 0 spiro atoms. The molecule has 0 bridgehead atoms. The van der Waals surface area contributed by atoms with E-state index in [1.54, 1.807) is 0 Å². The largest absolute Gasteiger partial charge is 0.390 e. The average molecular weight is 310 g/mol. The first-order chi connectivity index (χ1) is 9.88. The van der Waals surface area contributed by atoms with Crippen LogP contribution in [0.25, 0.3) is 0 Å². The Bertz CT molecular complexity index is 506. The second kappa shape index (κ2) is 6.25. The Balaban J connectivity index is 2.47. The number of nitrogens with zero attached hydrogens (tertiary/aromatic N) is 1. The van der Waals surface area contributed by atoms with Crippen LogP contribution < -0.4 is 5.32 Å². The van der Waals surface area contributed by atoms with Crippen molar-refractivity contribution in [1.82, 2.24) is 10.2 Å². The van der Waals surface area contributed by atoms with Crippen molar-refractivity contribution in [2.24, 2.45) is 0 Å². The molecule has 1 aromatic rings. The van der Waals surface area contributed by atoms with Crippen LogP contribution in [0.2, 0.25) is 0 Å². The van der Waals surface area contributed by atoms with Crippen molar-refractivity contribution < 1.29 is 27.1 Å². The maximum Gasteiger partial charge on any atom is 0.290 e. The van der Waals surface area contributed by atoms with Crippen LogP contribution in [-0.4, -0.2) is 48.7 Å². The lowest BCUT2D eigenvalue weighted by Gasteiger charge is -2.38. The highest BCUT2D eigenvalue weighted by Crippen LogP contribution is 2.38. The summed E-state index contributed by atoms with van der Waals surface area (Å²) in [5.41, 5.74) is -0.658. The molecule has 3 nitrogen and oxygen atoms in total. The van der Waals surface area contributed by atoms with Gasteiger partial charge in [0.1, 0.15) is 12.6 Å². The fourth-order valence-corrected chi connectivity index (χ4v) is 2.47. The number of piperazine rings is 1. The number of alkyl halides is 2. The summed E-state index contributed by atoms with van der Waals surface area (Å²) in [4.78, 5) is 1.25. The van der Waals surface area contributed by atoms with Gasteiger partial charge in [-0.2, -0.15) is 0 Å². The maximum atomic E-state index is 14.0. The second-order valence-corrected chi connectivity index (χ2v) is 4.87. The molecule has 1 heterocycles. The fourth-order valence-electron chi connectivity index (χ4n) is 2.47. The van der Waals surface area contributed by atoms with Crippen LogP contribution in [0.3, 0.4) is 0 Å². The molecule has 1 atom stereocenters.